The van der Waals surface area contributed by atoms with Crippen LogP contribution in [0.5, 0.6) is 0 Å². The molecule has 3 N–H and O–H groups in total. The number of nitrogens with two attached hydrogens (primary N) is 1. The van der Waals surface area contributed by atoms with Crippen molar-refractivity contribution in [3.05, 3.63) is 29.8 Å². The van der Waals surface area contributed by atoms with Crippen LogP contribution >= 0.6 is 24.0 Å². The minimum absolute atomic E-state index is 0. The molecule has 1 aliphatic rings. The van der Waals surface area contributed by atoms with Gasteiger partial charge in [-0.25, -0.2) is 13.2 Å². The van der Waals surface area contributed by atoms with Gasteiger partial charge in [-0.15, -0.1) is 24.0 Å². The summed E-state index contributed by atoms with van der Waals surface area (Å²) in [5.41, 5.74) is 4.34. The summed E-state index contributed by atoms with van der Waals surface area (Å²) in [4.78, 5) is 3.91. The molecule has 0 unspecified atom stereocenters. The van der Waals surface area contributed by atoms with Crippen LogP contribution < -0.4 is 11.1 Å². The number of benzene rings is 1. The van der Waals surface area contributed by atoms with E-state index in [2.05, 4.69) is 10.3 Å². The number of alkyl halides is 1. The third kappa shape index (κ3) is 4.53. The summed E-state index contributed by atoms with van der Waals surface area (Å²) >= 11 is 0. The number of nitrogens with one attached hydrogen (secondary N) is 1. The zero-order chi connectivity index (χ0) is 13.9. The predicted molar refractivity (Wildman–Crippen MR) is 84.2 cm³/mol. The van der Waals surface area contributed by atoms with Gasteiger partial charge in [0.05, 0.1) is 5.69 Å². The van der Waals surface area contributed by atoms with Gasteiger partial charge in [0.25, 0.3) is 0 Å². The Hall–Kier alpha value is -0.990. The smallest absolute Gasteiger partial charge is 0.193 e. The largest absolute Gasteiger partial charge is 0.370 e. The maximum atomic E-state index is 13.7. The van der Waals surface area contributed by atoms with Crippen molar-refractivity contribution < 1.29 is 13.2 Å². The van der Waals surface area contributed by atoms with Gasteiger partial charge < -0.3 is 11.1 Å². The van der Waals surface area contributed by atoms with E-state index in [-0.39, 0.29) is 42.2 Å². The molecule has 1 aromatic rings. The SMILES string of the molecule is I.NC(=NCCC1(F)CCC1)Nc1cc(F)ccc1F. The number of hydrogen-bond acceptors (Lipinski definition) is 1. The maximum absolute atomic E-state index is 13.7. The molecule has 1 saturated carbocycles. The lowest BCUT2D eigenvalue weighted by atomic mass is 9.80. The van der Waals surface area contributed by atoms with Gasteiger partial charge in [-0.2, -0.15) is 0 Å². The van der Waals surface area contributed by atoms with Crippen LogP contribution in [-0.4, -0.2) is 18.2 Å². The molecule has 7 heteroatoms. The fourth-order valence-corrected chi connectivity index (χ4v) is 1.96. The van der Waals surface area contributed by atoms with Gasteiger partial charge in [-0.3, -0.25) is 4.99 Å². The molecule has 0 saturated heterocycles. The normalized spacial score (nSPS) is 17.1. The molecule has 0 aliphatic heterocycles. The minimum Gasteiger partial charge on any atom is -0.370 e. The summed E-state index contributed by atoms with van der Waals surface area (Å²) in [5.74, 6) is -1.25. The zero-order valence-electron chi connectivity index (χ0n) is 10.8. The molecular weight excluding hydrogens is 382 g/mol. The fraction of sp³-hybridized carbons (Fsp3) is 0.462. The van der Waals surface area contributed by atoms with E-state index in [0.29, 0.717) is 19.3 Å². The van der Waals surface area contributed by atoms with E-state index in [1.807, 2.05) is 0 Å². The third-order valence-electron chi connectivity index (χ3n) is 3.28. The van der Waals surface area contributed by atoms with Crippen LogP contribution in [0.3, 0.4) is 0 Å². The first-order chi connectivity index (χ1) is 8.98. The van der Waals surface area contributed by atoms with Gasteiger partial charge in [-0.1, -0.05) is 0 Å². The van der Waals surface area contributed by atoms with E-state index < -0.39 is 17.3 Å². The van der Waals surface area contributed by atoms with Gasteiger partial charge in [0, 0.05) is 19.0 Å². The van der Waals surface area contributed by atoms with Crippen molar-refractivity contribution in [3.8, 4) is 0 Å². The lowest BCUT2D eigenvalue weighted by Crippen LogP contribution is -2.33. The van der Waals surface area contributed by atoms with Crippen LogP contribution in [0.4, 0.5) is 18.9 Å². The minimum atomic E-state index is -1.12. The Morgan fingerprint density at radius 1 is 1.35 bits per heavy atom. The second-order valence-corrected chi connectivity index (χ2v) is 4.77. The van der Waals surface area contributed by atoms with E-state index in [0.717, 1.165) is 24.6 Å². The lowest BCUT2D eigenvalue weighted by Gasteiger charge is -2.33. The topological polar surface area (TPSA) is 50.4 Å². The van der Waals surface area contributed by atoms with E-state index in [4.69, 9.17) is 5.73 Å². The number of hydrogen-bond donors (Lipinski definition) is 2. The molecule has 0 bridgehead atoms. The Kier molecular flexibility index (Phi) is 6.09. The lowest BCUT2D eigenvalue weighted by molar-refractivity contribution is 0.0568. The van der Waals surface area contributed by atoms with Crippen LogP contribution in [0.1, 0.15) is 25.7 Å². The van der Waals surface area contributed by atoms with Crippen molar-refractivity contribution in [1.82, 2.24) is 0 Å². The number of aliphatic imine (C=N–C) groups is 1. The first-order valence-corrected chi connectivity index (χ1v) is 6.19. The van der Waals surface area contributed by atoms with E-state index in [1.54, 1.807) is 0 Å². The second kappa shape index (κ2) is 7.14. The van der Waals surface area contributed by atoms with Crippen LogP contribution in [0.15, 0.2) is 23.2 Å². The summed E-state index contributed by atoms with van der Waals surface area (Å²) in [5, 5.41) is 2.46. The van der Waals surface area contributed by atoms with Crippen molar-refractivity contribution in [1.29, 1.82) is 0 Å². The summed E-state index contributed by atoms with van der Waals surface area (Å²) in [6.07, 6.45) is 2.34. The Balaban J connectivity index is 0.00000200. The first kappa shape index (κ1) is 17.1. The molecular formula is C13H17F3IN3. The highest BCUT2D eigenvalue weighted by Gasteiger charge is 2.36. The number of nitrogens with zero attached hydrogens (tertiary/aromatic N) is 1. The maximum Gasteiger partial charge on any atom is 0.193 e. The van der Waals surface area contributed by atoms with Crippen molar-refractivity contribution >= 4 is 35.6 Å². The molecule has 0 heterocycles. The van der Waals surface area contributed by atoms with Crippen molar-refractivity contribution in [2.75, 3.05) is 11.9 Å². The average Bonchev–Trinajstić information content (AvgIpc) is 2.32. The predicted octanol–water partition coefficient (Wildman–Crippen LogP) is 3.59. The molecule has 0 aromatic heterocycles. The van der Waals surface area contributed by atoms with E-state index in [9.17, 15) is 13.2 Å². The standard InChI is InChI=1S/C13H16F3N3.HI/c14-9-2-3-10(15)11(8-9)19-12(17)18-7-6-13(16)4-1-5-13;/h2-3,8H,1,4-7H2,(H3,17,18,19);1H. The van der Waals surface area contributed by atoms with E-state index in [1.165, 1.54) is 0 Å². The molecule has 0 radical (unpaired) electrons. The van der Waals surface area contributed by atoms with Gasteiger partial charge >= 0.3 is 0 Å². The van der Waals surface area contributed by atoms with Crippen LogP contribution in [0.25, 0.3) is 0 Å². The van der Waals surface area contributed by atoms with Crippen molar-refractivity contribution in [2.24, 2.45) is 10.7 Å². The van der Waals surface area contributed by atoms with Gasteiger partial charge in [0.2, 0.25) is 0 Å². The molecule has 112 valence electrons. The highest BCUT2D eigenvalue weighted by molar-refractivity contribution is 14.0. The Bertz CT molecular complexity index is 490. The van der Waals surface area contributed by atoms with Crippen LogP contribution in [-0.2, 0) is 0 Å². The summed E-state index contributed by atoms with van der Waals surface area (Å²) in [6, 6.07) is 2.99. The van der Waals surface area contributed by atoms with Crippen molar-refractivity contribution in [2.45, 2.75) is 31.4 Å². The fourth-order valence-electron chi connectivity index (χ4n) is 1.96. The third-order valence-corrected chi connectivity index (χ3v) is 3.28. The summed E-state index contributed by atoms with van der Waals surface area (Å²) < 4.78 is 39.9. The highest BCUT2D eigenvalue weighted by atomic mass is 127. The molecule has 3 nitrogen and oxygen atoms in total. The number of halogens is 4. The Labute approximate surface area is 132 Å². The van der Waals surface area contributed by atoms with Gasteiger partial charge in [0.15, 0.2) is 5.96 Å². The first-order valence-electron chi connectivity index (χ1n) is 6.19. The molecule has 1 fully saturated rings. The summed E-state index contributed by atoms with van der Waals surface area (Å²) in [7, 11) is 0. The number of anilines is 1. The van der Waals surface area contributed by atoms with Crippen LogP contribution in [0.2, 0.25) is 0 Å². The zero-order valence-corrected chi connectivity index (χ0v) is 13.2. The molecule has 1 aromatic carbocycles. The molecule has 20 heavy (non-hydrogen) atoms. The molecule has 1 aliphatic carbocycles. The monoisotopic (exact) mass is 399 g/mol. The highest BCUT2D eigenvalue weighted by Crippen LogP contribution is 2.38. The second-order valence-electron chi connectivity index (χ2n) is 4.77. The summed E-state index contributed by atoms with van der Waals surface area (Å²) in [6.45, 7) is 0.228. The van der Waals surface area contributed by atoms with E-state index >= 15 is 0 Å². The number of rotatable bonds is 4. The molecule has 0 amide bonds. The van der Waals surface area contributed by atoms with Gasteiger partial charge in [-0.05, 0) is 31.4 Å². The van der Waals surface area contributed by atoms with Crippen molar-refractivity contribution in [3.63, 3.8) is 0 Å². The quantitative estimate of drug-likeness (QED) is 0.462. The Morgan fingerprint density at radius 3 is 2.65 bits per heavy atom. The molecule has 2 rings (SSSR count). The van der Waals surface area contributed by atoms with Gasteiger partial charge in [0.1, 0.15) is 17.3 Å². The van der Waals surface area contributed by atoms with Crippen LogP contribution in [0, 0.1) is 11.6 Å². The Morgan fingerprint density at radius 2 is 2.05 bits per heavy atom. The number of guanidine groups is 1. The average molecular weight is 399 g/mol. The molecule has 0 atom stereocenters. The molecule has 0 spiro atoms.